The zero-order chi connectivity index (χ0) is 13.1. The van der Waals surface area contributed by atoms with Crippen molar-refractivity contribution in [1.82, 2.24) is 9.78 Å². The second-order valence-electron chi connectivity index (χ2n) is 4.16. The highest BCUT2D eigenvalue weighted by Gasteiger charge is 2.14. The Morgan fingerprint density at radius 1 is 1.39 bits per heavy atom. The average Bonchev–Trinajstić information content (AvgIpc) is 2.74. The predicted molar refractivity (Wildman–Crippen MR) is 68.9 cm³/mol. The summed E-state index contributed by atoms with van der Waals surface area (Å²) in [4.78, 5) is 0. The second kappa shape index (κ2) is 5.24. The van der Waals surface area contributed by atoms with E-state index in [4.69, 9.17) is 4.74 Å². The van der Waals surface area contributed by atoms with Crippen LogP contribution < -0.4 is 10.2 Å². The van der Waals surface area contributed by atoms with Gasteiger partial charge in [-0.3, -0.25) is 4.68 Å². The summed E-state index contributed by atoms with van der Waals surface area (Å²) in [5.41, 5.74) is 2.37. The van der Waals surface area contributed by atoms with Gasteiger partial charge in [0, 0.05) is 11.8 Å². The van der Waals surface area contributed by atoms with Crippen LogP contribution in [0.1, 0.15) is 11.1 Å². The zero-order valence-electron chi connectivity index (χ0n) is 10.4. The molecule has 1 aromatic heterocycles. The van der Waals surface area contributed by atoms with Gasteiger partial charge in [-0.15, -0.1) is 0 Å². The minimum atomic E-state index is -1.48. The molecule has 0 amide bonds. The van der Waals surface area contributed by atoms with E-state index in [0.29, 0.717) is 17.8 Å². The van der Waals surface area contributed by atoms with Gasteiger partial charge in [0.15, 0.2) is 0 Å². The first-order chi connectivity index (χ1) is 8.60. The van der Waals surface area contributed by atoms with E-state index in [1.165, 1.54) is 0 Å². The van der Waals surface area contributed by atoms with Crippen LogP contribution in [0.25, 0.3) is 0 Å². The van der Waals surface area contributed by atoms with Crippen molar-refractivity contribution in [2.24, 2.45) is 0 Å². The summed E-state index contributed by atoms with van der Waals surface area (Å²) < 4.78 is 7.03. The molecule has 0 aliphatic rings. The van der Waals surface area contributed by atoms with E-state index in [9.17, 15) is 10.0 Å². The highest BCUT2D eigenvalue weighted by atomic mass is 16.5. The molecular formula is C12H15BN2O3. The Balaban J connectivity index is 2.32. The molecule has 5 nitrogen and oxygen atoms in total. The lowest BCUT2D eigenvalue weighted by molar-refractivity contribution is 0.407. The first-order valence-corrected chi connectivity index (χ1v) is 5.62. The van der Waals surface area contributed by atoms with Gasteiger partial charge in [0.05, 0.1) is 19.9 Å². The Kier molecular flexibility index (Phi) is 3.69. The van der Waals surface area contributed by atoms with Crippen LogP contribution in [0.4, 0.5) is 0 Å². The van der Waals surface area contributed by atoms with Crippen molar-refractivity contribution in [2.75, 3.05) is 7.11 Å². The molecule has 94 valence electrons. The van der Waals surface area contributed by atoms with Crippen LogP contribution in [0, 0.1) is 6.92 Å². The molecule has 18 heavy (non-hydrogen) atoms. The fraction of sp³-hybridized carbons (Fsp3) is 0.250. The summed E-state index contributed by atoms with van der Waals surface area (Å²) in [5.74, 6) is 0.701. The number of hydrogen-bond donors (Lipinski definition) is 2. The Bertz CT molecular complexity index is 540. The van der Waals surface area contributed by atoms with Crippen molar-refractivity contribution in [1.29, 1.82) is 0 Å². The standard InChI is InChI=1S/C12H15BN2O3/c1-9-6-14-15(7-9)8-10-5-11(13(16)17)3-4-12(10)18-2/h3-7,16-17H,8H2,1-2H3. The smallest absolute Gasteiger partial charge is 0.488 e. The molecule has 0 aliphatic carbocycles. The number of rotatable bonds is 4. The van der Waals surface area contributed by atoms with E-state index in [2.05, 4.69) is 5.10 Å². The lowest BCUT2D eigenvalue weighted by Crippen LogP contribution is -2.30. The summed E-state index contributed by atoms with van der Waals surface area (Å²) in [6.45, 7) is 2.49. The van der Waals surface area contributed by atoms with Gasteiger partial charge >= 0.3 is 7.12 Å². The highest BCUT2D eigenvalue weighted by molar-refractivity contribution is 6.58. The number of hydrogen-bond acceptors (Lipinski definition) is 4. The summed E-state index contributed by atoms with van der Waals surface area (Å²) in [5, 5.41) is 22.5. The van der Waals surface area contributed by atoms with Crippen LogP contribution in [0.15, 0.2) is 30.6 Å². The van der Waals surface area contributed by atoms with Crippen LogP contribution in [0.5, 0.6) is 5.75 Å². The number of aromatic nitrogens is 2. The van der Waals surface area contributed by atoms with Gasteiger partial charge in [-0.2, -0.15) is 5.10 Å². The van der Waals surface area contributed by atoms with Crippen molar-refractivity contribution in [3.05, 3.63) is 41.7 Å². The third kappa shape index (κ3) is 2.72. The first kappa shape index (κ1) is 12.7. The molecule has 0 saturated carbocycles. The molecule has 0 spiro atoms. The molecule has 1 heterocycles. The van der Waals surface area contributed by atoms with Crippen molar-refractivity contribution in [3.8, 4) is 5.75 Å². The number of nitrogens with zero attached hydrogens (tertiary/aromatic N) is 2. The first-order valence-electron chi connectivity index (χ1n) is 5.62. The Hall–Kier alpha value is -1.79. The van der Waals surface area contributed by atoms with E-state index >= 15 is 0 Å². The van der Waals surface area contributed by atoms with Crippen LogP contribution in [-0.4, -0.2) is 34.1 Å². The SMILES string of the molecule is COc1ccc(B(O)O)cc1Cn1cc(C)cn1. The van der Waals surface area contributed by atoms with E-state index < -0.39 is 7.12 Å². The normalized spacial score (nSPS) is 10.4. The monoisotopic (exact) mass is 246 g/mol. The van der Waals surface area contributed by atoms with Gasteiger partial charge in [-0.25, -0.2) is 0 Å². The molecule has 2 rings (SSSR count). The largest absolute Gasteiger partial charge is 0.496 e. The molecule has 2 aromatic rings. The zero-order valence-corrected chi connectivity index (χ0v) is 10.4. The fourth-order valence-electron chi connectivity index (χ4n) is 1.81. The molecule has 1 aromatic carbocycles. The molecular weight excluding hydrogens is 231 g/mol. The number of methoxy groups -OCH3 is 1. The summed E-state index contributed by atoms with van der Waals surface area (Å²) in [6, 6.07) is 5.06. The molecule has 6 heteroatoms. The molecule has 0 fully saturated rings. The van der Waals surface area contributed by atoms with Crippen molar-refractivity contribution >= 4 is 12.6 Å². The van der Waals surface area contributed by atoms with Crippen molar-refractivity contribution in [3.63, 3.8) is 0 Å². The number of aryl methyl sites for hydroxylation is 1. The van der Waals surface area contributed by atoms with Crippen molar-refractivity contribution in [2.45, 2.75) is 13.5 Å². The summed E-state index contributed by atoms with van der Waals surface area (Å²) >= 11 is 0. The minimum Gasteiger partial charge on any atom is -0.496 e. The third-order valence-electron chi connectivity index (χ3n) is 2.70. The Morgan fingerprint density at radius 3 is 2.72 bits per heavy atom. The molecule has 0 saturated heterocycles. The molecule has 0 aliphatic heterocycles. The highest BCUT2D eigenvalue weighted by Crippen LogP contribution is 2.17. The average molecular weight is 246 g/mol. The van der Waals surface area contributed by atoms with E-state index in [-0.39, 0.29) is 0 Å². The maximum Gasteiger partial charge on any atom is 0.488 e. The second-order valence-corrected chi connectivity index (χ2v) is 4.16. The molecule has 0 bridgehead atoms. The van der Waals surface area contributed by atoms with E-state index in [1.807, 2.05) is 13.1 Å². The maximum absolute atomic E-state index is 9.17. The maximum atomic E-state index is 9.17. The third-order valence-corrected chi connectivity index (χ3v) is 2.70. The van der Waals surface area contributed by atoms with Gasteiger partial charge in [0.25, 0.3) is 0 Å². The quantitative estimate of drug-likeness (QED) is 0.741. The number of benzene rings is 1. The van der Waals surface area contributed by atoms with Gasteiger partial charge in [-0.05, 0) is 24.0 Å². The van der Waals surface area contributed by atoms with E-state index in [0.717, 1.165) is 11.1 Å². The lowest BCUT2D eigenvalue weighted by Gasteiger charge is -2.10. The number of ether oxygens (including phenoxy) is 1. The van der Waals surface area contributed by atoms with Crippen LogP contribution in [-0.2, 0) is 6.54 Å². The summed E-state index contributed by atoms with van der Waals surface area (Å²) in [7, 11) is 0.108. The van der Waals surface area contributed by atoms with Gasteiger partial charge in [0.1, 0.15) is 5.75 Å². The topological polar surface area (TPSA) is 67.5 Å². The van der Waals surface area contributed by atoms with Gasteiger partial charge in [0.2, 0.25) is 0 Å². The molecule has 0 radical (unpaired) electrons. The van der Waals surface area contributed by atoms with Crippen LogP contribution >= 0.6 is 0 Å². The van der Waals surface area contributed by atoms with Gasteiger partial charge in [-0.1, -0.05) is 12.1 Å². The van der Waals surface area contributed by atoms with Crippen LogP contribution in [0.2, 0.25) is 0 Å². The van der Waals surface area contributed by atoms with Crippen LogP contribution in [0.3, 0.4) is 0 Å². The molecule has 0 atom stereocenters. The lowest BCUT2D eigenvalue weighted by atomic mass is 9.79. The Labute approximate surface area is 106 Å². The fourth-order valence-corrected chi connectivity index (χ4v) is 1.81. The Morgan fingerprint density at radius 2 is 2.17 bits per heavy atom. The molecule has 2 N–H and O–H groups in total. The minimum absolute atomic E-state index is 0.440. The summed E-state index contributed by atoms with van der Waals surface area (Å²) in [6.07, 6.45) is 3.69. The molecule has 0 unspecified atom stereocenters. The van der Waals surface area contributed by atoms with Crippen molar-refractivity contribution < 1.29 is 14.8 Å². The van der Waals surface area contributed by atoms with E-state index in [1.54, 1.807) is 36.2 Å². The van der Waals surface area contributed by atoms with Gasteiger partial charge < -0.3 is 14.8 Å². The predicted octanol–water partition coefficient (Wildman–Crippen LogP) is -0.0718.